The van der Waals surface area contributed by atoms with Gasteiger partial charge in [0.2, 0.25) is 0 Å². The van der Waals surface area contributed by atoms with Crippen molar-refractivity contribution in [2.75, 3.05) is 0 Å². The molecule has 0 aliphatic heterocycles. The molecule has 5 heterocycles. The van der Waals surface area contributed by atoms with E-state index in [9.17, 15) is 0 Å². The number of nitrogens with zero attached hydrogens (tertiary/aromatic N) is 5. The van der Waals surface area contributed by atoms with Gasteiger partial charge in [0.15, 0.2) is 0 Å². The topological polar surface area (TPSA) is 38.5 Å². The first-order valence-electron chi connectivity index (χ1n) is 10.6. The van der Waals surface area contributed by atoms with Crippen molar-refractivity contribution >= 4 is 32.8 Å². The van der Waals surface area contributed by atoms with Crippen LogP contribution in [0.3, 0.4) is 0 Å². The SMILES string of the molecule is c1ccc2c(c1)ccc1cc(-c3ccc[n+](-c4cc5ccc6ccccc6n5n4)c3)nn12. The van der Waals surface area contributed by atoms with Crippen LogP contribution in [0, 0.1) is 0 Å². The van der Waals surface area contributed by atoms with Crippen molar-refractivity contribution in [1.29, 1.82) is 0 Å². The van der Waals surface area contributed by atoms with E-state index in [1.807, 2.05) is 33.4 Å². The summed E-state index contributed by atoms with van der Waals surface area (Å²) in [6, 6.07) is 33.5. The van der Waals surface area contributed by atoms with Crippen molar-refractivity contribution in [3.63, 3.8) is 0 Å². The molecule has 7 aromatic rings. The van der Waals surface area contributed by atoms with Gasteiger partial charge in [-0.1, -0.05) is 48.5 Å². The van der Waals surface area contributed by atoms with Crippen molar-refractivity contribution < 1.29 is 4.57 Å². The molecule has 150 valence electrons. The van der Waals surface area contributed by atoms with Gasteiger partial charge in [-0.2, -0.15) is 5.10 Å². The normalized spacial score (nSPS) is 11.8. The van der Waals surface area contributed by atoms with Gasteiger partial charge in [0.1, 0.15) is 6.20 Å². The minimum Gasteiger partial charge on any atom is -0.232 e. The van der Waals surface area contributed by atoms with E-state index in [-0.39, 0.29) is 0 Å². The van der Waals surface area contributed by atoms with Gasteiger partial charge in [-0.3, -0.25) is 0 Å². The number of pyridine rings is 3. The maximum absolute atomic E-state index is 4.91. The van der Waals surface area contributed by atoms with Crippen molar-refractivity contribution in [1.82, 2.24) is 19.2 Å². The van der Waals surface area contributed by atoms with E-state index in [2.05, 4.69) is 89.6 Å². The molecule has 0 fully saturated rings. The average molecular weight is 412 g/mol. The van der Waals surface area contributed by atoms with E-state index in [1.54, 1.807) is 0 Å². The summed E-state index contributed by atoms with van der Waals surface area (Å²) in [4.78, 5) is 0. The molecule has 0 atom stereocenters. The molecule has 0 bridgehead atoms. The monoisotopic (exact) mass is 412 g/mol. The second kappa shape index (κ2) is 6.49. The third-order valence-corrected chi connectivity index (χ3v) is 6.02. The van der Waals surface area contributed by atoms with Crippen molar-refractivity contribution in [3.05, 3.63) is 109 Å². The molecular weight excluding hydrogens is 394 g/mol. The van der Waals surface area contributed by atoms with Crippen molar-refractivity contribution in [3.8, 4) is 17.1 Å². The summed E-state index contributed by atoms with van der Waals surface area (Å²) >= 11 is 0. The van der Waals surface area contributed by atoms with Crippen molar-refractivity contribution in [2.24, 2.45) is 0 Å². The summed E-state index contributed by atoms with van der Waals surface area (Å²) in [5.41, 5.74) is 6.32. The summed E-state index contributed by atoms with van der Waals surface area (Å²) in [6.07, 6.45) is 4.12. The minimum absolute atomic E-state index is 0.873. The molecule has 0 spiro atoms. The highest BCUT2D eigenvalue weighted by atomic mass is 15.3. The van der Waals surface area contributed by atoms with Gasteiger partial charge in [-0.15, -0.1) is 4.52 Å². The Labute approximate surface area is 183 Å². The first-order chi connectivity index (χ1) is 15.8. The molecule has 0 saturated heterocycles. The van der Waals surface area contributed by atoms with E-state index >= 15 is 0 Å². The van der Waals surface area contributed by atoms with Crippen LogP contribution < -0.4 is 4.57 Å². The molecule has 7 rings (SSSR count). The van der Waals surface area contributed by atoms with Crippen LogP contribution >= 0.6 is 0 Å². The van der Waals surface area contributed by atoms with E-state index < -0.39 is 0 Å². The maximum Gasteiger partial charge on any atom is 0.355 e. The van der Waals surface area contributed by atoms with Gasteiger partial charge in [0.05, 0.1) is 45.1 Å². The first-order valence-corrected chi connectivity index (χ1v) is 10.6. The van der Waals surface area contributed by atoms with Crippen LogP contribution in [0.25, 0.3) is 49.9 Å². The molecule has 2 aromatic carbocycles. The summed E-state index contributed by atoms with van der Waals surface area (Å²) < 4.78 is 6.07. The molecule has 0 saturated carbocycles. The number of fused-ring (bicyclic) bond motifs is 6. The number of rotatable bonds is 2. The predicted octanol–water partition coefficient (Wildman–Crippen LogP) is 5.23. The molecular formula is C27H18N5+. The highest BCUT2D eigenvalue weighted by Crippen LogP contribution is 2.23. The summed E-state index contributed by atoms with van der Waals surface area (Å²) in [5.74, 6) is 0.873. The average Bonchev–Trinajstić information content (AvgIpc) is 3.49. The van der Waals surface area contributed by atoms with E-state index in [0.717, 1.165) is 39.1 Å². The fraction of sp³-hybridized carbons (Fsp3) is 0. The summed E-state index contributed by atoms with van der Waals surface area (Å²) in [5, 5.41) is 12.1. The van der Waals surface area contributed by atoms with Crippen LogP contribution in [-0.4, -0.2) is 19.2 Å². The van der Waals surface area contributed by atoms with Gasteiger partial charge in [-0.25, -0.2) is 9.08 Å². The largest absolute Gasteiger partial charge is 0.355 e. The second-order valence-corrected chi connectivity index (χ2v) is 7.99. The van der Waals surface area contributed by atoms with E-state index in [4.69, 9.17) is 10.2 Å². The molecule has 0 amide bonds. The lowest BCUT2D eigenvalue weighted by atomic mass is 10.2. The quantitative estimate of drug-likeness (QED) is 0.365. The zero-order valence-corrected chi connectivity index (χ0v) is 17.1. The Morgan fingerprint density at radius 1 is 0.594 bits per heavy atom. The number of benzene rings is 2. The zero-order valence-electron chi connectivity index (χ0n) is 17.1. The fourth-order valence-corrected chi connectivity index (χ4v) is 4.43. The predicted molar refractivity (Wildman–Crippen MR) is 126 cm³/mol. The molecule has 32 heavy (non-hydrogen) atoms. The Bertz CT molecular complexity index is 1660. The van der Waals surface area contributed by atoms with Crippen LogP contribution in [-0.2, 0) is 0 Å². The molecule has 0 aliphatic carbocycles. The van der Waals surface area contributed by atoms with Gasteiger partial charge >= 0.3 is 5.82 Å². The third kappa shape index (κ3) is 2.55. The lowest BCUT2D eigenvalue weighted by Crippen LogP contribution is -2.30. The molecule has 5 aromatic heterocycles. The van der Waals surface area contributed by atoms with Crippen LogP contribution in [0.5, 0.6) is 0 Å². The molecule has 0 radical (unpaired) electrons. The molecule has 0 unspecified atom stereocenters. The molecule has 0 aliphatic rings. The second-order valence-electron chi connectivity index (χ2n) is 7.99. The fourth-order valence-electron chi connectivity index (χ4n) is 4.43. The summed E-state index contributed by atoms with van der Waals surface area (Å²) in [7, 11) is 0. The lowest BCUT2D eigenvalue weighted by Gasteiger charge is -2.00. The van der Waals surface area contributed by atoms with Crippen molar-refractivity contribution in [2.45, 2.75) is 0 Å². The van der Waals surface area contributed by atoms with Crippen LogP contribution in [0.2, 0.25) is 0 Å². The zero-order chi connectivity index (χ0) is 21.1. The molecule has 5 nitrogen and oxygen atoms in total. The van der Waals surface area contributed by atoms with Gasteiger partial charge in [0, 0.05) is 16.3 Å². The van der Waals surface area contributed by atoms with Crippen LogP contribution in [0.15, 0.2) is 109 Å². The highest BCUT2D eigenvalue weighted by Gasteiger charge is 2.16. The van der Waals surface area contributed by atoms with Crippen LogP contribution in [0.4, 0.5) is 0 Å². The Balaban J connectivity index is 1.37. The number of hydrogen-bond acceptors (Lipinski definition) is 2. The molecule has 0 N–H and O–H groups in total. The first kappa shape index (κ1) is 17.2. The Kier molecular flexibility index (Phi) is 3.49. The van der Waals surface area contributed by atoms with Gasteiger partial charge in [-0.05, 0) is 42.5 Å². The minimum atomic E-state index is 0.873. The van der Waals surface area contributed by atoms with E-state index in [0.29, 0.717) is 0 Å². The van der Waals surface area contributed by atoms with Gasteiger partial charge in [0.25, 0.3) is 0 Å². The number of para-hydroxylation sites is 2. The summed E-state index contributed by atoms with van der Waals surface area (Å²) in [6.45, 7) is 0. The standard InChI is InChI=1S/C27H18N5/c1-3-9-25-19(6-1)11-13-22-16-24(28-31(22)25)21-8-5-15-30(18-21)27-17-23-14-12-20-7-2-4-10-26(20)32(23)29-27/h1-18H/q+1. The Morgan fingerprint density at radius 3 is 2.00 bits per heavy atom. The van der Waals surface area contributed by atoms with E-state index in [1.165, 1.54) is 10.8 Å². The molecule has 5 heteroatoms. The Morgan fingerprint density at radius 2 is 1.25 bits per heavy atom. The Hall–Kier alpha value is -4.51. The smallest absolute Gasteiger partial charge is 0.232 e. The lowest BCUT2D eigenvalue weighted by molar-refractivity contribution is -0.599. The van der Waals surface area contributed by atoms with Gasteiger partial charge < -0.3 is 0 Å². The third-order valence-electron chi connectivity index (χ3n) is 6.02. The maximum atomic E-state index is 4.91. The number of hydrogen-bond donors (Lipinski definition) is 0. The number of aromatic nitrogens is 5. The highest BCUT2D eigenvalue weighted by molar-refractivity contribution is 5.84. The van der Waals surface area contributed by atoms with Crippen LogP contribution in [0.1, 0.15) is 0 Å².